The fourth-order valence-corrected chi connectivity index (χ4v) is 3.26. The molecule has 0 atom stereocenters. The molecule has 0 spiro atoms. The monoisotopic (exact) mass is 420 g/mol. The van der Waals surface area contributed by atoms with Crippen LogP contribution < -0.4 is 10.6 Å². The van der Waals surface area contributed by atoms with Gasteiger partial charge in [-0.1, -0.05) is 24.3 Å². The van der Waals surface area contributed by atoms with Crippen LogP contribution in [0.2, 0.25) is 0 Å². The van der Waals surface area contributed by atoms with E-state index in [-0.39, 0.29) is 24.8 Å². The van der Waals surface area contributed by atoms with E-state index in [1.165, 1.54) is 0 Å². The van der Waals surface area contributed by atoms with Crippen LogP contribution in [-0.4, -0.2) is 51.6 Å². The number of carbonyl (C=O) groups excluding carboxylic acids is 2. The van der Waals surface area contributed by atoms with Gasteiger partial charge in [-0.2, -0.15) is 5.10 Å². The van der Waals surface area contributed by atoms with E-state index in [9.17, 15) is 9.59 Å². The summed E-state index contributed by atoms with van der Waals surface area (Å²) in [6, 6.07) is 15.2. The summed E-state index contributed by atoms with van der Waals surface area (Å²) in [6.45, 7) is 6.29. The lowest BCUT2D eigenvalue weighted by molar-refractivity contribution is -0.119. The number of aryl methyl sites for hydroxylation is 2. The van der Waals surface area contributed by atoms with Crippen LogP contribution in [0.4, 0.5) is 11.5 Å². The number of nitrogens with one attached hydrogen (secondary N) is 2. The number of benzene rings is 1. The Balaban J connectivity index is 1.51. The Kier molecular flexibility index (Phi) is 7.15. The van der Waals surface area contributed by atoms with Crippen molar-refractivity contribution >= 4 is 23.3 Å². The van der Waals surface area contributed by atoms with Crippen molar-refractivity contribution in [3.8, 4) is 5.69 Å². The standard InChI is InChI=1S/C23H28N6O2/c1-16-9-8-12-20(24-16)25-22(31)15-28(4)14-13-21(30)26-23-17(2)27-29(18(23)3)19-10-6-5-7-11-19/h5-12H,13-15H2,1-4H3,(H,26,30)(H,24,25,31). The molecule has 0 saturated heterocycles. The minimum Gasteiger partial charge on any atom is -0.323 e. The molecule has 162 valence electrons. The summed E-state index contributed by atoms with van der Waals surface area (Å²) in [4.78, 5) is 30.8. The fraction of sp³-hybridized carbons (Fsp3) is 0.304. The lowest BCUT2D eigenvalue weighted by Crippen LogP contribution is -2.32. The first kappa shape index (κ1) is 22.2. The minimum absolute atomic E-state index is 0.119. The Labute approximate surface area is 182 Å². The Bertz CT molecular complexity index is 1060. The number of likely N-dealkylation sites (N-methyl/N-ethyl adjacent to an activating group) is 1. The van der Waals surface area contributed by atoms with E-state index in [0.717, 1.165) is 28.5 Å². The van der Waals surface area contributed by atoms with E-state index in [1.807, 2.05) is 67.9 Å². The maximum absolute atomic E-state index is 12.5. The second-order valence-electron chi connectivity index (χ2n) is 7.54. The van der Waals surface area contributed by atoms with E-state index >= 15 is 0 Å². The number of para-hydroxylation sites is 1. The summed E-state index contributed by atoms with van der Waals surface area (Å²) in [5, 5.41) is 10.3. The van der Waals surface area contributed by atoms with Gasteiger partial charge in [-0.05, 0) is 52.1 Å². The summed E-state index contributed by atoms with van der Waals surface area (Å²) in [6.07, 6.45) is 0.266. The third kappa shape index (κ3) is 5.99. The van der Waals surface area contributed by atoms with Crippen molar-refractivity contribution in [1.82, 2.24) is 19.7 Å². The van der Waals surface area contributed by atoms with Gasteiger partial charge in [0.1, 0.15) is 5.82 Å². The second-order valence-corrected chi connectivity index (χ2v) is 7.54. The SMILES string of the molecule is Cc1cccc(NC(=O)CN(C)CCC(=O)Nc2c(C)nn(-c3ccccc3)c2C)n1. The van der Waals surface area contributed by atoms with Crippen LogP contribution in [0.15, 0.2) is 48.5 Å². The first-order valence-electron chi connectivity index (χ1n) is 10.2. The van der Waals surface area contributed by atoms with E-state index in [2.05, 4.69) is 20.7 Å². The molecule has 0 bridgehead atoms. The molecule has 8 heteroatoms. The van der Waals surface area contributed by atoms with Gasteiger partial charge in [-0.25, -0.2) is 9.67 Å². The Morgan fingerprint density at radius 3 is 2.42 bits per heavy atom. The summed E-state index contributed by atoms with van der Waals surface area (Å²) >= 11 is 0. The molecule has 0 radical (unpaired) electrons. The van der Waals surface area contributed by atoms with Crippen LogP contribution in [0.25, 0.3) is 5.69 Å². The zero-order valence-corrected chi connectivity index (χ0v) is 18.3. The number of aromatic nitrogens is 3. The highest BCUT2D eigenvalue weighted by molar-refractivity contribution is 5.93. The summed E-state index contributed by atoms with van der Waals surface area (Å²) < 4.78 is 1.82. The molecule has 3 aromatic rings. The number of carbonyl (C=O) groups is 2. The number of hydrogen-bond acceptors (Lipinski definition) is 5. The molecule has 31 heavy (non-hydrogen) atoms. The molecule has 3 rings (SSSR count). The molecule has 0 aliphatic carbocycles. The number of nitrogens with zero attached hydrogens (tertiary/aromatic N) is 4. The van der Waals surface area contributed by atoms with Gasteiger partial charge in [-0.15, -0.1) is 0 Å². The molecule has 2 heterocycles. The van der Waals surface area contributed by atoms with E-state index in [1.54, 1.807) is 18.0 Å². The second kappa shape index (κ2) is 9.99. The average Bonchev–Trinajstić information content (AvgIpc) is 3.01. The van der Waals surface area contributed by atoms with Crippen LogP contribution in [0.1, 0.15) is 23.5 Å². The Morgan fingerprint density at radius 2 is 1.71 bits per heavy atom. The topological polar surface area (TPSA) is 92.2 Å². The quantitative estimate of drug-likeness (QED) is 0.584. The normalized spacial score (nSPS) is 10.9. The van der Waals surface area contributed by atoms with Crippen LogP contribution in [0.5, 0.6) is 0 Å². The summed E-state index contributed by atoms with van der Waals surface area (Å²) in [5.74, 6) is 0.237. The Hall–Kier alpha value is -3.52. The van der Waals surface area contributed by atoms with Gasteiger partial charge in [-0.3, -0.25) is 14.5 Å². The highest BCUT2D eigenvalue weighted by Gasteiger charge is 2.16. The van der Waals surface area contributed by atoms with E-state index < -0.39 is 0 Å². The van der Waals surface area contributed by atoms with Crippen molar-refractivity contribution in [2.75, 3.05) is 30.8 Å². The van der Waals surface area contributed by atoms with Gasteiger partial charge in [0.2, 0.25) is 11.8 Å². The number of hydrogen-bond donors (Lipinski definition) is 2. The average molecular weight is 421 g/mol. The maximum atomic E-state index is 12.5. The largest absolute Gasteiger partial charge is 0.323 e. The van der Waals surface area contributed by atoms with Crippen molar-refractivity contribution in [3.63, 3.8) is 0 Å². The van der Waals surface area contributed by atoms with Gasteiger partial charge in [0.15, 0.2) is 0 Å². The number of amides is 2. The lowest BCUT2D eigenvalue weighted by Gasteiger charge is -2.16. The zero-order valence-electron chi connectivity index (χ0n) is 18.3. The smallest absolute Gasteiger partial charge is 0.239 e. The van der Waals surface area contributed by atoms with Gasteiger partial charge < -0.3 is 10.6 Å². The van der Waals surface area contributed by atoms with Gasteiger partial charge in [0.25, 0.3) is 0 Å². The fourth-order valence-electron chi connectivity index (χ4n) is 3.26. The zero-order chi connectivity index (χ0) is 22.4. The number of rotatable bonds is 8. The highest BCUT2D eigenvalue weighted by Crippen LogP contribution is 2.22. The van der Waals surface area contributed by atoms with E-state index in [0.29, 0.717) is 12.4 Å². The number of pyridine rings is 1. The molecule has 8 nitrogen and oxygen atoms in total. The third-order valence-electron chi connectivity index (χ3n) is 4.85. The predicted molar refractivity (Wildman–Crippen MR) is 121 cm³/mol. The highest BCUT2D eigenvalue weighted by atomic mass is 16.2. The summed E-state index contributed by atoms with van der Waals surface area (Å²) in [5.41, 5.74) is 4.13. The van der Waals surface area contributed by atoms with Gasteiger partial charge in [0.05, 0.1) is 29.3 Å². The first-order chi connectivity index (χ1) is 14.8. The minimum atomic E-state index is -0.170. The van der Waals surface area contributed by atoms with Crippen LogP contribution >= 0.6 is 0 Å². The van der Waals surface area contributed by atoms with Crippen molar-refractivity contribution in [2.45, 2.75) is 27.2 Å². The molecule has 0 unspecified atom stereocenters. The van der Waals surface area contributed by atoms with Crippen LogP contribution in [0, 0.1) is 20.8 Å². The first-order valence-corrected chi connectivity index (χ1v) is 10.2. The summed E-state index contributed by atoms with van der Waals surface area (Å²) in [7, 11) is 1.81. The molecular formula is C23H28N6O2. The Morgan fingerprint density at radius 1 is 0.968 bits per heavy atom. The molecule has 0 fully saturated rings. The maximum Gasteiger partial charge on any atom is 0.239 e. The molecule has 0 aliphatic rings. The molecule has 2 N–H and O–H groups in total. The molecule has 0 aliphatic heterocycles. The van der Waals surface area contributed by atoms with Crippen molar-refractivity contribution in [3.05, 3.63) is 65.6 Å². The molecular weight excluding hydrogens is 392 g/mol. The molecule has 2 aromatic heterocycles. The van der Waals surface area contributed by atoms with Crippen molar-refractivity contribution in [2.24, 2.45) is 0 Å². The van der Waals surface area contributed by atoms with Gasteiger partial charge in [0, 0.05) is 18.7 Å². The lowest BCUT2D eigenvalue weighted by atomic mass is 10.2. The van der Waals surface area contributed by atoms with Crippen LogP contribution in [0.3, 0.4) is 0 Å². The number of anilines is 2. The predicted octanol–water partition coefficient (Wildman–Crippen LogP) is 3.09. The van der Waals surface area contributed by atoms with Gasteiger partial charge >= 0.3 is 0 Å². The molecule has 2 amide bonds. The molecule has 0 saturated carbocycles. The third-order valence-corrected chi connectivity index (χ3v) is 4.85. The van der Waals surface area contributed by atoms with Crippen molar-refractivity contribution in [1.29, 1.82) is 0 Å². The van der Waals surface area contributed by atoms with Crippen molar-refractivity contribution < 1.29 is 9.59 Å². The molecule has 1 aromatic carbocycles. The van der Waals surface area contributed by atoms with E-state index in [4.69, 9.17) is 0 Å². The van der Waals surface area contributed by atoms with Crippen LogP contribution in [-0.2, 0) is 9.59 Å².